The first kappa shape index (κ1) is 11.9. The van der Waals surface area contributed by atoms with Gasteiger partial charge in [0.15, 0.2) is 0 Å². The van der Waals surface area contributed by atoms with E-state index < -0.39 is 5.41 Å². The van der Waals surface area contributed by atoms with Gasteiger partial charge in [0.05, 0.1) is 12.5 Å². The van der Waals surface area contributed by atoms with Crippen molar-refractivity contribution in [2.75, 3.05) is 7.11 Å². The highest BCUT2D eigenvalue weighted by molar-refractivity contribution is 5.78. The largest absolute Gasteiger partial charge is 0.468 e. The van der Waals surface area contributed by atoms with Gasteiger partial charge in [0, 0.05) is 0 Å². The van der Waals surface area contributed by atoms with Gasteiger partial charge >= 0.3 is 5.97 Å². The third-order valence-electron chi connectivity index (χ3n) is 2.04. The number of carbonyl (C=O) groups excluding carboxylic acids is 1. The molecule has 0 N–H and O–H groups in total. The van der Waals surface area contributed by atoms with Gasteiger partial charge in [-0.05, 0) is 27.2 Å². The minimum Gasteiger partial charge on any atom is -0.468 e. The van der Waals surface area contributed by atoms with Gasteiger partial charge in [-0.25, -0.2) is 0 Å². The van der Waals surface area contributed by atoms with Crippen molar-refractivity contribution in [1.29, 1.82) is 0 Å². The van der Waals surface area contributed by atoms with E-state index in [0.717, 1.165) is 0 Å². The monoisotopic (exact) mass is 182 g/mol. The summed E-state index contributed by atoms with van der Waals surface area (Å²) in [7, 11) is 1.40. The van der Waals surface area contributed by atoms with E-state index in [2.05, 4.69) is 6.58 Å². The van der Waals surface area contributed by atoms with Crippen molar-refractivity contribution in [3.8, 4) is 0 Å². The standard InChI is InChI=1S/C11H18O2/c1-6-11(4,10(12)13-5)8-7-9(2)3/h6-7H,1,8H2,2-5H3. The van der Waals surface area contributed by atoms with Crippen LogP contribution in [0.25, 0.3) is 0 Å². The summed E-state index contributed by atoms with van der Waals surface area (Å²) in [5, 5.41) is 0. The van der Waals surface area contributed by atoms with Crippen molar-refractivity contribution in [2.24, 2.45) is 5.41 Å². The summed E-state index contributed by atoms with van der Waals surface area (Å²) in [5.41, 5.74) is 0.600. The van der Waals surface area contributed by atoms with Crippen molar-refractivity contribution in [1.82, 2.24) is 0 Å². The lowest BCUT2D eigenvalue weighted by Crippen LogP contribution is -2.26. The van der Waals surface area contributed by atoms with E-state index in [9.17, 15) is 4.79 Å². The molecule has 0 radical (unpaired) electrons. The van der Waals surface area contributed by atoms with Gasteiger partial charge in [0.1, 0.15) is 0 Å². The van der Waals surface area contributed by atoms with Gasteiger partial charge in [-0.1, -0.05) is 17.7 Å². The second-order valence-corrected chi connectivity index (χ2v) is 3.60. The molecule has 0 saturated carbocycles. The van der Waals surface area contributed by atoms with Crippen molar-refractivity contribution >= 4 is 5.97 Å². The number of methoxy groups -OCH3 is 1. The molecule has 0 aromatic heterocycles. The Balaban J connectivity index is 4.55. The Morgan fingerprint density at radius 3 is 2.38 bits per heavy atom. The molecule has 0 aromatic carbocycles. The zero-order valence-corrected chi connectivity index (χ0v) is 8.89. The second kappa shape index (κ2) is 4.85. The first-order valence-electron chi connectivity index (χ1n) is 4.31. The third-order valence-corrected chi connectivity index (χ3v) is 2.04. The molecule has 0 heterocycles. The summed E-state index contributed by atoms with van der Waals surface area (Å²) in [6.07, 6.45) is 4.29. The smallest absolute Gasteiger partial charge is 0.315 e. The highest BCUT2D eigenvalue weighted by Gasteiger charge is 2.29. The molecule has 0 aliphatic rings. The Bertz CT molecular complexity index is 224. The minimum absolute atomic E-state index is 0.236. The van der Waals surface area contributed by atoms with Crippen LogP contribution in [0.2, 0.25) is 0 Å². The SMILES string of the molecule is C=CC(C)(CC=C(C)C)C(=O)OC. The van der Waals surface area contributed by atoms with Gasteiger partial charge in [0.2, 0.25) is 0 Å². The number of allylic oxidation sites excluding steroid dienone is 2. The first-order chi connectivity index (χ1) is 5.96. The zero-order chi connectivity index (χ0) is 10.5. The number of rotatable bonds is 4. The van der Waals surface area contributed by atoms with E-state index in [1.165, 1.54) is 12.7 Å². The predicted octanol–water partition coefficient (Wildman–Crippen LogP) is 2.71. The second-order valence-electron chi connectivity index (χ2n) is 3.60. The molecule has 0 saturated heterocycles. The number of hydrogen-bond acceptors (Lipinski definition) is 2. The van der Waals surface area contributed by atoms with Gasteiger partial charge in [-0.15, -0.1) is 6.58 Å². The van der Waals surface area contributed by atoms with Crippen molar-refractivity contribution in [2.45, 2.75) is 27.2 Å². The predicted molar refractivity (Wildman–Crippen MR) is 54.4 cm³/mol. The van der Waals surface area contributed by atoms with Crippen LogP contribution in [0.5, 0.6) is 0 Å². The van der Waals surface area contributed by atoms with Gasteiger partial charge in [-0.3, -0.25) is 4.79 Å². The summed E-state index contributed by atoms with van der Waals surface area (Å²) in [6, 6.07) is 0. The molecule has 1 atom stereocenters. The fraction of sp³-hybridized carbons (Fsp3) is 0.545. The van der Waals surface area contributed by atoms with E-state index in [0.29, 0.717) is 6.42 Å². The van der Waals surface area contributed by atoms with Gasteiger partial charge in [-0.2, -0.15) is 0 Å². The summed E-state index contributed by atoms with van der Waals surface area (Å²) in [5.74, 6) is -0.236. The maximum atomic E-state index is 11.4. The van der Waals surface area contributed by atoms with Gasteiger partial charge < -0.3 is 4.74 Å². The van der Waals surface area contributed by atoms with Crippen LogP contribution in [0.15, 0.2) is 24.3 Å². The van der Waals surface area contributed by atoms with Crippen molar-refractivity contribution in [3.05, 3.63) is 24.3 Å². The number of esters is 1. The summed E-state index contributed by atoms with van der Waals surface area (Å²) in [6.45, 7) is 9.48. The zero-order valence-electron chi connectivity index (χ0n) is 8.89. The molecule has 0 aliphatic carbocycles. The Kier molecular flexibility index (Phi) is 4.46. The maximum absolute atomic E-state index is 11.4. The molecular weight excluding hydrogens is 164 g/mol. The first-order valence-corrected chi connectivity index (χ1v) is 4.31. The summed E-state index contributed by atoms with van der Waals surface area (Å²) in [4.78, 5) is 11.4. The molecular formula is C11H18O2. The van der Waals surface area contributed by atoms with Crippen LogP contribution < -0.4 is 0 Å². The molecule has 0 fully saturated rings. The van der Waals surface area contributed by atoms with Crippen LogP contribution in [-0.2, 0) is 9.53 Å². The Hall–Kier alpha value is -1.05. The molecule has 0 aliphatic heterocycles. The summed E-state index contributed by atoms with van der Waals surface area (Å²) < 4.78 is 4.70. The lowest BCUT2D eigenvalue weighted by molar-refractivity contribution is -0.148. The van der Waals surface area contributed by atoms with Crippen LogP contribution in [0, 0.1) is 5.41 Å². The molecule has 0 spiro atoms. The van der Waals surface area contributed by atoms with Crippen LogP contribution in [-0.4, -0.2) is 13.1 Å². The highest BCUT2D eigenvalue weighted by Crippen LogP contribution is 2.25. The fourth-order valence-corrected chi connectivity index (χ4v) is 0.899. The summed E-state index contributed by atoms with van der Waals surface area (Å²) >= 11 is 0. The molecule has 1 unspecified atom stereocenters. The molecule has 2 heteroatoms. The third kappa shape index (κ3) is 3.45. The van der Waals surface area contributed by atoms with E-state index in [1.54, 1.807) is 6.08 Å². The fourth-order valence-electron chi connectivity index (χ4n) is 0.899. The highest BCUT2D eigenvalue weighted by atomic mass is 16.5. The molecule has 0 bridgehead atoms. The average Bonchev–Trinajstić information content (AvgIpc) is 2.12. The number of carbonyl (C=O) groups is 1. The molecule has 0 amide bonds. The quantitative estimate of drug-likeness (QED) is 0.493. The lowest BCUT2D eigenvalue weighted by atomic mass is 9.86. The Morgan fingerprint density at radius 2 is 2.08 bits per heavy atom. The van der Waals surface area contributed by atoms with E-state index in [4.69, 9.17) is 4.74 Å². The van der Waals surface area contributed by atoms with Crippen LogP contribution in [0.1, 0.15) is 27.2 Å². The molecule has 13 heavy (non-hydrogen) atoms. The van der Waals surface area contributed by atoms with Gasteiger partial charge in [0.25, 0.3) is 0 Å². The van der Waals surface area contributed by atoms with Crippen molar-refractivity contribution in [3.63, 3.8) is 0 Å². The van der Waals surface area contributed by atoms with E-state index in [1.807, 2.05) is 26.8 Å². The van der Waals surface area contributed by atoms with Crippen LogP contribution >= 0.6 is 0 Å². The van der Waals surface area contributed by atoms with Crippen LogP contribution in [0.3, 0.4) is 0 Å². The van der Waals surface area contributed by atoms with E-state index >= 15 is 0 Å². The molecule has 0 aromatic rings. The maximum Gasteiger partial charge on any atom is 0.315 e. The number of ether oxygens (including phenoxy) is 1. The lowest BCUT2D eigenvalue weighted by Gasteiger charge is -2.20. The van der Waals surface area contributed by atoms with Crippen LogP contribution in [0.4, 0.5) is 0 Å². The minimum atomic E-state index is -0.591. The Morgan fingerprint density at radius 1 is 1.54 bits per heavy atom. The number of hydrogen-bond donors (Lipinski definition) is 0. The van der Waals surface area contributed by atoms with Crippen molar-refractivity contribution < 1.29 is 9.53 Å². The topological polar surface area (TPSA) is 26.3 Å². The average molecular weight is 182 g/mol. The molecule has 2 nitrogen and oxygen atoms in total. The molecule has 0 rings (SSSR count). The molecule has 74 valence electrons. The normalized spacial score (nSPS) is 14.2. The Labute approximate surface area is 80.3 Å². The van der Waals surface area contributed by atoms with E-state index in [-0.39, 0.29) is 5.97 Å².